The Bertz CT molecular complexity index is 272. The summed E-state index contributed by atoms with van der Waals surface area (Å²) in [6.07, 6.45) is 0. The lowest BCUT2D eigenvalue weighted by molar-refractivity contribution is 0.924. The first-order valence-corrected chi connectivity index (χ1v) is 4.56. The van der Waals surface area contributed by atoms with Gasteiger partial charge in [0, 0.05) is 11.9 Å². The molecule has 1 aromatic rings. The number of benzene rings is 1. The largest absolute Gasteiger partial charge is 0.362 e. The summed E-state index contributed by atoms with van der Waals surface area (Å²) in [5.74, 6) is 0. The molecule has 0 fully saturated rings. The van der Waals surface area contributed by atoms with Gasteiger partial charge in [0.05, 0.1) is 11.1 Å². The number of nitrogens with zero attached hydrogens (tertiary/aromatic N) is 1. The molecule has 1 unspecified atom stereocenters. The zero-order chi connectivity index (χ0) is 7.84. The third-order valence-corrected chi connectivity index (χ3v) is 3.27. The van der Waals surface area contributed by atoms with Gasteiger partial charge in [0.15, 0.2) is 0 Å². The van der Waals surface area contributed by atoms with Crippen molar-refractivity contribution >= 4 is 17.4 Å². The molecule has 1 aromatic carbocycles. The Labute approximate surface area is 71.4 Å². The Kier molecular flexibility index (Phi) is 1.57. The molecular formula is C9H10NS. The maximum atomic E-state index is 3.09. The average molecular weight is 164 g/mol. The number of rotatable bonds is 0. The molecule has 0 saturated heterocycles. The summed E-state index contributed by atoms with van der Waals surface area (Å²) in [6.45, 7) is 2.21. The molecule has 0 aliphatic carbocycles. The summed E-state index contributed by atoms with van der Waals surface area (Å²) < 4.78 is 0. The van der Waals surface area contributed by atoms with Crippen molar-refractivity contribution in [3.8, 4) is 0 Å². The van der Waals surface area contributed by atoms with Crippen LogP contribution in [0.4, 0.5) is 5.69 Å². The fourth-order valence-corrected chi connectivity index (χ4v) is 2.36. The van der Waals surface area contributed by atoms with Crippen molar-refractivity contribution in [1.82, 2.24) is 0 Å². The minimum atomic E-state index is 0.570. The summed E-state index contributed by atoms with van der Waals surface area (Å²) in [7, 11) is 2.13. The third kappa shape index (κ3) is 1.02. The molecule has 11 heavy (non-hydrogen) atoms. The Balaban J connectivity index is 2.47. The van der Waals surface area contributed by atoms with E-state index in [2.05, 4.69) is 37.1 Å². The Morgan fingerprint density at radius 2 is 2.45 bits per heavy atom. The van der Waals surface area contributed by atoms with E-state index in [9.17, 15) is 0 Å². The average Bonchev–Trinajstić information content (AvgIpc) is 2.30. The molecule has 0 spiro atoms. The molecule has 0 aromatic heterocycles. The van der Waals surface area contributed by atoms with E-state index in [-0.39, 0.29) is 0 Å². The van der Waals surface area contributed by atoms with E-state index >= 15 is 0 Å². The molecule has 1 radical (unpaired) electrons. The maximum Gasteiger partial charge on any atom is 0.0766 e. The van der Waals surface area contributed by atoms with E-state index in [1.165, 1.54) is 10.6 Å². The fourth-order valence-electron chi connectivity index (χ4n) is 1.25. The van der Waals surface area contributed by atoms with Gasteiger partial charge in [-0.15, -0.1) is 0 Å². The molecule has 1 heterocycles. The summed E-state index contributed by atoms with van der Waals surface area (Å²) in [6, 6.07) is 9.22. The van der Waals surface area contributed by atoms with Gasteiger partial charge in [0.25, 0.3) is 0 Å². The number of anilines is 1. The van der Waals surface area contributed by atoms with Crippen molar-refractivity contribution < 1.29 is 0 Å². The number of fused-ring (bicyclic) bond motifs is 1. The van der Waals surface area contributed by atoms with E-state index in [0.717, 1.165) is 0 Å². The molecule has 0 saturated carbocycles. The van der Waals surface area contributed by atoms with Crippen molar-refractivity contribution in [2.45, 2.75) is 17.2 Å². The van der Waals surface area contributed by atoms with Crippen molar-refractivity contribution in [3.05, 3.63) is 24.3 Å². The van der Waals surface area contributed by atoms with Crippen LogP contribution in [0.3, 0.4) is 0 Å². The highest BCUT2D eigenvalue weighted by Crippen LogP contribution is 2.41. The zero-order valence-corrected chi connectivity index (χ0v) is 7.48. The second-order valence-electron chi connectivity index (χ2n) is 2.72. The van der Waals surface area contributed by atoms with Crippen molar-refractivity contribution in [1.29, 1.82) is 0 Å². The molecule has 0 N–H and O–H groups in total. The highest BCUT2D eigenvalue weighted by atomic mass is 32.2. The quantitative estimate of drug-likeness (QED) is 0.579. The van der Waals surface area contributed by atoms with Crippen LogP contribution in [-0.2, 0) is 0 Å². The van der Waals surface area contributed by atoms with Gasteiger partial charge in [-0.05, 0) is 25.1 Å². The smallest absolute Gasteiger partial charge is 0.0766 e. The molecule has 1 nitrogen and oxygen atoms in total. The number of hydrogen-bond acceptors (Lipinski definition) is 2. The van der Waals surface area contributed by atoms with Gasteiger partial charge in [-0.1, -0.05) is 17.8 Å². The van der Waals surface area contributed by atoms with E-state index in [4.69, 9.17) is 0 Å². The van der Waals surface area contributed by atoms with Crippen molar-refractivity contribution in [2.75, 3.05) is 11.9 Å². The van der Waals surface area contributed by atoms with Crippen LogP contribution >= 0.6 is 11.8 Å². The van der Waals surface area contributed by atoms with Gasteiger partial charge in [0.1, 0.15) is 0 Å². The van der Waals surface area contributed by atoms with Crippen LogP contribution in [0.1, 0.15) is 6.92 Å². The monoisotopic (exact) mass is 164 g/mol. The first-order valence-electron chi connectivity index (χ1n) is 3.68. The fraction of sp³-hybridized carbons (Fsp3) is 0.333. The van der Waals surface area contributed by atoms with Crippen LogP contribution in [-0.4, -0.2) is 12.4 Å². The second kappa shape index (κ2) is 2.45. The van der Waals surface area contributed by atoms with Gasteiger partial charge in [-0.3, -0.25) is 0 Å². The van der Waals surface area contributed by atoms with E-state index < -0.39 is 0 Å². The van der Waals surface area contributed by atoms with Gasteiger partial charge in [0.2, 0.25) is 0 Å². The van der Waals surface area contributed by atoms with Gasteiger partial charge < -0.3 is 4.90 Å². The molecular weight excluding hydrogens is 154 g/mol. The molecule has 0 amide bonds. The van der Waals surface area contributed by atoms with Gasteiger partial charge >= 0.3 is 0 Å². The highest BCUT2D eigenvalue weighted by molar-refractivity contribution is 8.00. The topological polar surface area (TPSA) is 3.24 Å². The van der Waals surface area contributed by atoms with Crippen LogP contribution in [0, 0.1) is 6.07 Å². The van der Waals surface area contributed by atoms with Crippen LogP contribution < -0.4 is 4.90 Å². The van der Waals surface area contributed by atoms with Gasteiger partial charge in [-0.25, -0.2) is 0 Å². The lowest BCUT2D eigenvalue weighted by Gasteiger charge is -2.16. The highest BCUT2D eigenvalue weighted by Gasteiger charge is 2.22. The van der Waals surface area contributed by atoms with Crippen molar-refractivity contribution in [3.63, 3.8) is 0 Å². The third-order valence-electron chi connectivity index (χ3n) is 2.03. The molecule has 1 aliphatic rings. The van der Waals surface area contributed by atoms with Crippen LogP contribution in [0.2, 0.25) is 0 Å². The SMILES string of the molecule is CC1Sc2c[c]ccc2N1C. The standard InChI is InChI=1S/C9H10NS/c1-7-10(2)8-5-3-4-6-9(8)11-7/h3,5-7H,1-2H3. The maximum absolute atomic E-state index is 3.09. The lowest BCUT2D eigenvalue weighted by atomic mass is 10.3. The Morgan fingerprint density at radius 3 is 3.18 bits per heavy atom. The normalized spacial score (nSPS) is 22.0. The number of hydrogen-bond donors (Lipinski definition) is 0. The van der Waals surface area contributed by atoms with E-state index in [1.807, 2.05) is 17.8 Å². The first kappa shape index (κ1) is 7.04. The first-order chi connectivity index (χ1) is 5.29. The zero-order valence-electron chi connectivity index (χ0n) is 6.66. The van der Waals surface area contributed by atoms with Crippen LogP contribution in [0.5, 0.6) is 0 Å². The Morgan fingerprint density at radius 1 is 1.64 bits per heavy atom. The summed E-state index contributed by atoms with van der Waals surface area (Å²) in [5, 5.41) is 0.570. The van der Waals surface area contributed by atoms with E-state index in [1.54, 1.807) is 0 Å². The lowest BCUT2D eigenvalue weighted by Crippen LogP contribution is -2.20. The minimum absolute atomic E-state index is 0.570. The minimum Gasteiger partial charge on any atom is -0.362 e. The predicted molar refractivity (Wildman–Crippen MR) is 49.0 cm³/mol. The molecule has 57 valence electrons. The summed E-state index contributed by atoms with van der Waals surface area (Å²) in [4.78, 5) is 3.64. The molecule has 0 bridgehead atoms. The molecule has 2 heteroatoms. The van der Waals surface area contributed by atoms with Crippen LogP contribution in [0.15, 0.2) is 23.1 Å². The van der Waals surface area contributed by atoms with E-state index in [0.29, 0.717) is 5.37 Å². The summed E-state index contributed by atoms with van der Waals surface area (Å²) in [5.41, 5.74) is 1.33. The molecule has 2 rings (SSSR count). The summed E-state index contributed by atoms with van der Waals surface area (Å²) >= 11 is 1.89. The number of thioether (sulfide) groups is 1. The van der Waals surface area contributed by atoms with Gasteiger partial charge in [-0.2, -0.15) is 0 Å². The van der Waals surface area contributed by atoms with Crippen molar-refractivity contribution in [2.24, 2.45) is 0 Å². The predicted octanol–water partition coefficient (Wildman–Crippen LogP) is 2.37. The molecule has 1 aliphatic heterocycles. The second-order valence-corrected chi connectivity index (χ2v) is 4.08. The molecule has 1 atom stereocenters. The Hall–Kier alpha value is -0.630. The van der Waals surface area contributed by atoms with Crippen LogP contribution in [0.25, 0.3) is 0 Å².